The van der Waals surface area contributed by atoms with Crippen LogP contribution in [0.5, 0.6) is 0 Å². The van der Waals surface area contributed by atoms with Gasteiger partial charge in [0.05, 0.1) is 0 Å². The standard InChI is InChI=1S/C14H22N2.Ce.3ClH.7H2O/c1-14(2,15)13-8-9-16(11-13)10-12-6-4-3-5-7-12;;;;;;;;;;;/h3-7,13H,8-11,15H2,1-2H3;;3*1H;7*1H2/q;+3;;;;;;;;;;/p-3/t13-;;;;;;;;;;;/m0.........../s1. The average molecular weight is 591 g/mol. The minimum Gasteiger partial charge on any atom is -1.00 e. The van der Waals surface area contributed by atoms with Gasteiger partial charge in [-0.15, -0.1) is 0 Å². The molecule has 1 aromatic carbocycles. The van der Waals surface area contributed by atoms with Gasteiger partial charge in [-0.05, 0) is 38.3 Å². The minimum atomic E-state index is -0.0363. The van der Waals surface area contributed by atoms with Crippen molar-refractivity contribution in [3.63, 3.8) is 0 Å². The van der Waals surface area contributed by atoms with Crippen LogP contribution < -0.4 is 43.0 Å². The van der Waals surface area contributed by atoms with Crippen LogP contribution >= 0.6 is 0 Å². The van der Waals surface area contributed by atoms with E-state index in [4.69, 9.17) is 5.73 Å². The zero-order valence-corrected chi connectivity index (χ0v) is 20.9. The number of nitrogens with zero attached hydrogens (tertiary/aromatic N) is 1. The minimum absolute atomic E-state index is 0. The Labute approximate surface area is 213 Å². The SMILES string of the molecule is CC(C)(N)[C@H]1CCN(Cc2ccccc2)C1.O.O.O.O.O.O.O.[Ce+3].[Cl-].[Cl-].[Cl-]. The van der Waals surface area contributed by atoms with E-state index in [0.29, 0.717) is 5.92 Å². The predicted molar refractivity (Wildman–Crippen MR) is 93.4 cm³/mol. The van der Waals surface area contributed by atoms with Crippen LogP contribution in [0.3, 0.4) is 0 Å². The van der Waals surface area contributed by atoms with Crippen molar-refractivity contribution in [2.24, 2.45) is 11.7 Å². The fourth-order valence-electron chi connectivity index (χ4n) is 2.43. The average Bonchev–Trinajstić information content (AvgIpc) is 2.67. The van der Waals surface area contributed by atoms with Crippen LogP contribution in [-0.4, -0.2) is 61.9 Å². The van der Waals surface area contributed by atoms with Gasteiger partial charge in [-0.25, -0.2) is 0 Å². The van der Waals surface area contributed by atoms with Crippen LogP contribution in [-0.2, 0) is 6.54 Å². The molecule has 1 heterocycles. The van der Waals surface area contributed by atoms with Gasteiger partial charge in [0.15, 0.2) is 0 Å². The largest absolute Gasteiger partial charge is 3.00 e. The van der Waals surface area contributed by atoms with Crippen molar-refractivity contribution < 1.29 is 117 Å². The number of benzene rings is 1. The van der Waals surface area contributed by atoms with Gasteiger partial charge in [0.1, 0.15) is 0 Å². The molecule has 0 bridgehead atoms. The normalized spacial score (nSPS) is 13.4. The van der Waals surface area contributed by atoms with E-state index in [2.05, 4.69) is 49.1 Å². The molecule has 0 amide bonds. The molecular weight excluding hydrogens is 555 g/mol. The zero-order chi connectivity index (χ0) is 11.6. The molecule has 1 radical (unpaired) electrons. The van der Waals surface area contributed by atoms with Crippen molar-refractivity contribution in [3.05, 3.63) is 35.9 Å². The molecular formula is C14H36CeCl3N2O7. The molecule has 27 heavy (non-hydrogen) atoms. The van der Waals surface area contributed by atoms with Crippen LogP contribution in [0.1, 0.15) is 25.8 Å². The molecule has 0 saturated carbocycles. The van der Waals surface area contributed by atoms with Crippen molar-refractivity contribution in [3.8, 4) is 0 Å². The number of halogens is 3. The van der Waals surface area contributed by atoms with Crippen LogP contribution in [0.2, 0.25) is 0 Å². The van der Waals surface area contributed by atoms with E-state index in [1.54, 1.807) is 0 Å². The molecule has 169 valence electrons. The Balaban J connectivity index is -0.0000000328. The molecule has 16 N–H and O–H groups in total. The summed E-state index contributed by atoms with van der Waals surface area (Å²) in [6.45, 7) is 7.67. The molecule has 1 aromatic rings. The van der Waals surface area contributed by atoms with Gasteiger partial charge in [-0.1, -0.05) is 30.3 Å². The molecule has 0 aliphatic carbocycles. The van der Waals surface area contributed by atoms with Crippen LogP contribution in [0.15, 0.2) is 30.3 Å². The molecule has 0 aromatic heterocycles. The van der Waals surface area contributed by atoms with Gasteiger partial charge < -0.3 is 81.3 Å². The smallest absolute Gasteiger partial charge is 1.00 e. The predicted octanol–water partition coefficient (Wildman–Crippen LogP) is -12.5. The summed E-state index contributed by atoms with van der Waals surface area (Å²) < 4.78 is 0. The number of hydrogen-bond acceptors (Lipinski definition) is 2. The maximum atomic E-state index is 6.17. The maximum absolute atomic E-state index is 6.17. The molecule has 1 fully saturated rings. The molecule has 1 aliphatic heterocycles. The summed E-state index contributed by atoms with van der Waals surface area (Å²) >= 11 is 0. The first-order chi connectivity index (χ1) is 7.55. The van der Waals surface area contributed by atoms with E-state index in [1.807, 2.05) is 0 Å². The summed E-state index contributed by atoms with van der Waals surface area (Å²) in [5.74, 6) is 0.635. The molecule has 1 atom stereocenters. The topological polar surface area (TPSA) is 250 Å². The van der Waals surface area contributed by atoms with Crippen LogP contribution in [0, 0.1) is 47.7 Å². The van der Waals surface area contributed by atoms with Gasteiger partial charge in [0.2, 0.25) is 0 Å². The monoisotopic (exact) mass is 589 g/mol. The number of hydrogen-bond donors (Lipinski definition) is 1. The molecule has 1 aliphatic rings. The second-order valence-corrected chi connectivity index (χ2v) is 5.53. The van der Waals surface area contributed by atoms with E-state index in [-0.39, 0.29) is 123 Å². The van der Waals surface area contributed by atoms with Gasteiger partial charge in [0, 0.05) is 18.6 Å². The Morgan fingerprint density at radius 1 is 0.889 bits per heavy atom. The van der Waals surface area contributed by atoms with Gasteiger partial charge >= 0.3 is 41.7 Å². The fraction of sp³-hybridized carbons (Fsp3) is 0.571. The molecule has 9 nitrogen and oxygen atoms in total. The van der Waals surface area contributed by atoms with E-state index in [9.17, 15) is 0 Å². The van der Waals surface area contributed by atoms with E-state index in [0.717, 1.165) is 13.1 Å². The van der Waals surface area contributed by atoms with Crippen molar-refractivity contribution in [1.29, 1.82) is 0 Å². The number of rotatable bonds is 3. The van der Waals surface area contributed by atoms with Gasteiger partial charge in [-0.2, -0.15) is 0 Å². The summed E-state index contributed by atoms with van der Waals surface area (Å²) in [5, 5.41) is 0. The summed E-state index contributed by atoms with van der Waals surface area (Å²) in [5.41, 5.74) is 7.53. The Hall–Kier alpha value is 1.11. The fourth-order valence-corrected chi connectivity index (χ4v) is 2.43. The number of likely N-dealkylation sites (tertiary alicyclic amines) is 1. The van der Waals surface area contributed by atoms with Gasteiger partial charge in [0.25, 0.3) is 0 Å². The second kappa shape index (κ2) is 29.3. The van der Waals surface area contributed by atoms with Crippen LogP contribution in [0.4, 0.5) is 0 Å². The Morgan fingerprint density at radius 2 is 1.30 bits per heavy atom. The van der Waals surface area contributed by atoms with Crippen molar-refractivity contribution >= 4 is 0 Å². The summed E-state index contributed by atoms with van der Waals surface area (Å²) in [4.78, 5) is 2.51. The first-order valence-electron chi connectivity index (χ1n) is 6.11. The Bertz CT molecular complexity index is 366. The van der Waals surface area contributed by atoms with Crippen molar-refractivity contribution in [2.75, 3.05) is 13.1 Å². The Morgan fingerprint density at radius 3 is 1.63 bits per heavy atom. The van der Waals surface area contributed by atoms with Crippen LogP contribution in [0.25, 0.3) is 0 Å². The molecule has 0 unspecified atom stereocenters. The first kappa shape index (κ1) is 63.0. The Kier molecular flexibility index (Phi) is 68.4. The van der Waals surface area contributed by atoms with Crippen molar-refractivity contribution in [2.45, 2.75) is 32.4 Å². The number of nitrogens with two attached hydrogens (primary N) is 1. The summed E-state index contributed by atoms with van der Waals surface area (Å²) in [6, 6.07) is 10.7. The third kappa shape index (κ3) is 21.6. The van der Waals surface area contributed by atoms with Gasteiger partial charge in [-0.3, -0.25) is 4.90 Å². The zero-order valence-electron chi connectivity index (χ0n) is 15.5. The third-order valence-corrected chi connectivity index (χ3v) is 3.57. The van der Waals surface area contributed by atoms with E-state index in [1.165, 1.54) is 18.5 Å². The summed E-state index contributed by atoms with van der Waals surface area (Å²) in [6.07, 6.45) is 1.23. The molecule has 0 spiro atoms. The third-order valence-electron chi connectivity index (χ3n) is 3.57. The maximum Gasteiger partial charge on any atom is 3.00 e. The molecule has 1 saturated heterocycles. The quantitative estimate of drug-likeness (QED) is 0.360. The van der Waals surface area contributed by atoms with E-state index < -0.39 is 0 Å². The first-order valence-corrected chi connectivity index (χ1v) is 6.11. The van der Waals surface area contributed by atoms with E-state index >= 15 is 0 Å². The van der Waals surface area contributed by atoms with Crippen molar-refractivity contribution in [1.82, 2.24) is 4.90 Å². The molecule has 2 rings (SSSR count). The summed E-state index contributed by atoms with van der Waals surface area (Å²) in [7, 11) is 0. The second-order valence-electron chi connectivity index (χ2n) is 5.53. The molecule has 13 heteroatoms.